The predicted molar refractivity (Wildman–Crippen MR) is 133 cm³/mol. The van der Waals surface area contributed by atoms with E-state index in [1.165, 1.54) is 20.1 Å². The quantitative estimate of drug-likeness (QED) is 0.345. The van der Waals surface area contributed by atoms with Crippen molar-refractivity contribution < 1.29 is 18.7 Å². The SMILES string of the molecule is COc1ccc(NC(C)=O)cc1NC(=O)CSc1nnc(-c2ccccc2F)n1-c1ccccc1. The number of benzene rings is 3. The van der Waals surface area contributed by atoms with Crippen LogP contribution in [-0.4, -0.2) is 39.4 Å². The highest BCUT2D eigenvalue weighted by atomic mass is 32.2. The zero-order valence-electron chi connectivity index (χ0n) is 19.0. The topological polar surface area (TPSA) is 98.1 Å². The second-order valence-electron chi connectivity index (χ2n) is 7.39. The number of hydrogen-bond donors (Lipinski definition) is 2. The van der Waals surface area contributed by atoms with Crippen LogP contribution >= 0.6 is 11.8 Å². The molecule has 0 spiro atoms. The van der Waals surface area contributed by atoms with Crippen LogP contribution in [0, 0.1) is 5.82 Å². The molecule has 0 atom stereocenters. The van der Waals surface area contributed by atoms with Crippen LogP contribution in [0.4, 0.5) is 15.8 Å². The molecule has 10 heteroatoms. The molecule has 3 aromatic carbocycles. The van der Waals surface area contributed by atoms with Gasteiger partial charge < -0.3 is 15.4 Å². The lowest BCUT2D eigenvalue weighted by molar-refractivity contribution is -0.114. The smallest absolute Gasteiger partial charge is 0.234 e. The van der Waals surface area contributed by atoms with Gasteiger partial charge in [0, 0.05) is 18.3 Å². The van der Waals surface area contributed by atoms with Gasteiger partial charge in [-0.3, -0.25) is 14.2 Å². The summed E-state index contributed by atoms with van der Waals surface area (Å²) < 4.78 is 21.6. The predicted octanol–water partition coefficient (Wildman–Crippen LogP) is 4.77. The standard InChI is InChI=1S/C25H22FN5O3S/c1-16(32)27-17-12-13-22(34-2)21(14-17)28-23(33)15-35-25-30-29-24(19-10-6-7-11-20(19)26)31(25)18-8-4-3-5-9-18/h3-14H,15H2,1-2H3,(H,27,32)(H,28,33). The van der Waals surface area contributed by atoms with E-state index in [9.17, 15) is 14.0 Å². The van der Waals surface area contributed by atoms with Crippen LogP contribution in [0.3, 0.4) is 0 Å². The molecule has 0 saturated heterocycles. The Labute approximate surface area is 205 Å². The molecular weight excluding hydrogens is 469 g/mol. The van der Waals surface area contributed by atoms with Crippen LogP contribution in [0.15, 0.2) is 78.0 Å². The molecule has 35 heavy (non-hydrogen) atoms. The first-order valence-corrected chi connectivity index (χ1v) is 11.6. The molecule has 0 radical (unpaired) electrons. The first-order valence-electron chi connectivity index (χ1n) is 10.6. The molecule has 0 unspecified atom stereocenters. The van der Waals surface area contributed by atoms with Gasteiger partial charge in [0.2, 0.25) is 11.8 Å². The molecule has 1 aromatic heterocycles. The first-order chi connectivity index (χ1) is 17.0. The van der Waals surface area contributed by atoms with Crippen molar-refractivity contribution in [2.24, 2.45) is 0 Å². The number of nitrogens with zero attached hydrogens (tertiary/aromatic N) is 3. The average molecular weight is 492 g/mol. The van der Waals surface area contributed by atoms with Gasteiger partial charge in [-0.05, 0) is 42.5 Å². The van der Waals surface area contributed by atoms with E-state index >= 15 is 0 Å². The van der Waals surface area contributed by atoms with E-state index < -0.39 is 5.82 Å². The summed E-state index contributed by atoms with van der Waals surface area (Å²) in [5, 5.41) is 14.3. The van der Waals surface area contributed by atoms with E-state index in [-0.39, 0.29) is 17.6 Å². The Balaban J connectivity index is 1.57. The molecule has 0 fully saturated rings. The number of aromatic nitrogens is 3. The minimum Gasteiger partial charge on any atom is -0.495 e. The number of ether oxygens (including phenoxy) is 1. The van der Waals surface area contributed by atoms with Gasteiger partial charge in [-0.25, -0.2) is 4.39 Å². The molecule has 0 aliphatic carbocycles. The number of thioether (sulfide) groups is 1. The normalized spacial score (nSPS) is 10.6. The summed E-state index contributed by atoms with van der Waals surface area (Å²) in [6.07, 6.45) is 0. The van der Waals surface area contributed by atoms with Crippen molar-refractivity contribution in [2.75, 3.05) is 23.5 Å². The molecule has 0 bridgehead atoms. The molecule has 178 valence electrons. The summed E-state index contributed by atoms with van der Waals surface area (Å²) >= 11 is 1.16. The highest BCUT2D eigenvalue weighted by Gasteiger charge is 2.19. The van der Waals surface area contributed by atoms with Gasteiger partial charge in [0.25, 0.3) is 0 Å². The Morgan fingerprint density at radius 2 is 1.74 bits per heavy atom. The third-order valence-electron chi connectivity index (χ3n) is 4.89. The number of hydrogen-bond acceptors (Lipinski definition) is 6. The number of anilines is 2. The van der Waals surface area contributed by atoms with E-state index in [1.54, 1.807) is 41.0 Å². The number of amides is 2. The van der Waals surface area contributed by atoms with Crippen LogP contribution < -0.4 is 15.4 Å². The maximum atomic E-state index is 14.5. The Hall–Kier alpha value is -4.18. The fraction of sp³-hybridized carbons (Fsp3) is 0.120. The van der Waals surface area contributed by atoms with E-state index in [1.807, 2.05) is 30.3 Å². The van der Waals surface area contributed by atoms with Crippen molar-refractivity contribution in [2.45, 2.75) is 12.1 Å². The summed E-state index contributed by atoms with van der Waals surface area (Å²) in [6, 6.07) is 20.6. The number of carbonyl (C=O) groups is 2. The minimum absolute atomic E-state index is 0.00968. The monoisotopic (exact) mass is 491 g/mol. The lowest BCUT2D eigenvalue weighted by Crippen LogP contribution is -2.16. The number of halogens is 1. The van der Waals surface area contributed by atoms with Crippen LogP contribution in [-0.2, 0) is 9.59 Å². The zero-order chi connectivity index (χ0) is 24.8. The fourth-order valence-electron chi connectivity index (χ4n) is 3.39. The van der Waals surface area contributed by atoms with Gasteiger partial charge in [-0.1, -0.05) is 42.1 Å². The van der Waals surface area contributed by atoms with Crippen LogP contribution in [0.2, 0.25) is 0 Å². The largest absolute Gasteiger partial charge is 0.495 e. The molecule has 0 aliphatic rings. The number of carbonyl (C=O) groups excluding carboxylic acids is 2. The van der Waals surface area contributed by atoms with E-state index in [2.05, 4.69) is 20.8 Å². The van der Waals surface area contributed by atoms with E-state index in [4.69, 9.17) is 4.74 Å². The van der Waals surface area contributed by atoms with Crippen molar-refractivity contribution in [1.29, 1.82) is 0 Å². The summed E-state index contributed by atoms with van der Waals surface area (Å²) in [6.45, 7) is 1.40. The third kappa shape index (κ3) is 5.67. The fourth-order valence-corrected chi connectivity index (χ4v) is 4.15. The van der Waals surface area contributed by atoms with Gasteiger partial charge in [0.05, 0.1) is 24.1 Å². The molecule has 4 rings (SSSR count). The van der Waals surface area contributed by atoms with Crippen molar-refractivity contribution in [3.63, 3.8) is 0 Å². The summed E-state index contributed by atoms with van der Waals surface area (Å²) in [7, 11) is 1.49. The van der Waals surface area contributed by atoms with Gasteiger partial charge in [0.1, 0.15) is 11.6 Å². The summed E-state index contributed by atoms with van der Waals surface area (Å²) in [5.41, 5.74) is 1.99. The van der Waals surface area contributed by atoms with Crippen molar-refractivity contribution in [1.82, 2.24) is 14.8 Å². The van der Waals surface area contributed by atoms with Gasteiger partial charge in [-0.15, -0.1) is 10.2 Å². The third-order valence-corrected chi connectivity index (χ3v) is 5.82. The summed E-state index contributed by atoms with van der Waals surface area (Å²) in [5.74, 6) is -0.168. The molecule has 0 aliphatic heterocycles. The molecule has 0 saturated carbocycles. The van der Waals surface area contributed by atoms with E-state index in [0.29, 0.717) is 33.7 Å². The average Bonchev–Trinajstić information content (AvgIpc) is 3.27. The first kappa shape index (κ1) is 24.0. The van der Waals surface area contributed by atoms with Gasteiger partial charge in [0.15, 0.2) is 11.0 Å². The maximum Gasteiger partial charge on any atom is 0.234 e. The van der Waals surface area contributed by atoms with Crippen LogP contribution in [0.1, 0.15) is 6.92 Å². The summed E-state index contributed by atoms with van der Waals surface area (Å²) in [4.78, 5) is 24.1. The van der Waals surface area contributed by atoms with Crippen molar-refractivity contribution in [3.8, 4) is 22.8 Å². The van der Waals surface area contributed by atoms with Gasteiger partial charge >= 0.3 is 0 Å². The Bertz CT molecular complexity index is 1360. The number of nitrogens with one attached hydrogen (secondary N) is 2. The van der Waals surface area contributed by atoms with Crippen molar-refractivity contribution in [3.05, 3.63) is 78.6 Å². The molecular formula is C25H22FN5O3S. The molecule has 4 aromatic rings. The number of para-hydroxylation sites is 1. The lowest BCUT2D eigenvalue weighted by Gasteiger charge is -2.13. The zero-order valence-corrected chi connectivity index (χ0v) is 19.8. The molecule has 8 nitrogen and oxygen atoms in total. The number of methoxy groups -OCH3 is 1. The molecule has 1 heterocycles. The Kier molecular flexibility index (Phi) is 7.41. The van der Waals surface area contributed by atoms with Crippen molar-refractivity contribution >= 4 is 35.0 Å². The highest BCUT2D eigenvalue weighted by molar-refractivity contribution is 7.99. The minimum atomic E-state index is -0.419. The van der Waals surface area contributed by atoms with E-state index in [0.717, 1.165) is 17.4 Å². The highest BCUT2D eigenvalue weighted by Crippen LogP contribution is 2.31. The molecule has 2 N–H and O–H groups in total. The lowest BCUT2D eigenvalue weighted by atomic mass is 10.2. The van der Waals surface area contributed by atoms with Crippen LogP contribution in [0.5, 0.6) is 5.75 Å². The number of rotatable bonds is 8. The molecule has 2 amide bonds. The maximum absolute atomic E-state index is 14.5. The second kappa shape index (κ2) is 10.8. The Morgan fingerprint density at radius 1 is 1.00 bits per heavy atom. The second-order valence-corrected chi connectivity index (χ2v) is 8.33. The van der Waals surface area contributed by atoms with Gasteiger partial charge in [-0.2, -0.15) is 0 Å². The van der Waals surface area contributed by atoms with Crippen LogP contribution in [0.25, 0.3) is 17.1 Å². The Morgan fingerprint density at radius 3 is 2.46 bits per heavy atom.